The number of ether oxygens (including phenoxy) is 1. The van der Waals surface area contributed by atoms with Gasteiger partial charge in [-0.05, 0) is 55.0 Å². The summed E-state index contributed by atoms with van der Waals surface area (Å²) in [6, 6.07) is 17.0. The Morgan fingerprint density at radius 2 is 1.42 bits per heavy atom. The lowest BCUT2D eigenvalue weighted by Crippen LogP contribution is -2.26. The SMILES string of the molecule is C=C(C)C(=O)Oc1ccc(C(CC)(CC)c2ccc(CCC)cc2)cc1. The monoisotopic (exact) mass is 350 g/mol. The predicted octanol–water partition coefficient (Wildman–Crippen LogP) is 6.23. The van der Waals surface area contributed by atoms with E-state index in [9.17, 15) is 4.79 Å². The Bertz CT molecular complexity index is 735. The molecule has 2 aromatic rings. The molecule has 0 heterocycles. The molecule has 0 atom stereocenters. The molecule has 0 N–H and O–H groups in total. The molecule has 2 heteroatoms. The first-order valence-electron chi connectivity index (χ1n) is 9.54. The van der Waals surface area contributed by atoms with Crippen LogP contribution in [0.3, 0.4) is 0 Å². The van der Waals surface area contributed by atoms with Gasteiger partial charge < -0.3 is 4.74 Å². The van der Waals surface area contributed by atoms with Crippen LogP contribution in [0.1, 0.15) is 63.6 Å². The molecule has 0 spiro atoms. The molecule has 138 valence electrons. The lowest BCUT2D eigenvalue weighted by molar-refractivity contribution is -0.130. The maximum atomic E-state index is 11.7. The largest absolute Gasteiger partial charge is 0.423 e. The van der Waals surface area contributed by atoms with Gasteiger partial charge in [-0.25, -0.2) is 4.79 Å². The fraction of sp³-hybridized carbons (Fsp3) is 0.375. The average Bonchev–Trinajstić information content (AvgIpc) is 2.65. The van der Waals surface area contributed by atoms with E-state index < -0.39 is 0 Å². The van der Waals surface area contributed by atoms with E-state index >= 15 is 0 Å². The summed E-state index contributed by atoms with van der Waals surface area (Å²) in [5, 5.41) is 0. The average molecular weight is 351 g/mol. The fourth-order valence-corrected chi connectivity index (χ4v) is 3.55. The summed E-state index contributed by atoms with van der Waals surface area (Å²) in [6.07, 6.45) is 4.31. The van der Waals surface area contributed by atoms with Gasteiger partial charge in [0.1, 0.15) is 5.75 Å². The topological polar surface area (TPSA) is 26.3 Å². The summed E-state index contributed by atoms with van der Waals surface area (Å²) < 4.78 is 5.32. The number of aryl methyl sites for hydroxylation is 1. The van der Waals surface area contributed by atoms with Crippen LogP contribution >= 0.6 is 0 Å². The summed E-state index contributed by atoms with van der Waals surface area (Å²) >= 11 is 0. The van der Waals surface area contributed by atoms with Crippen molar-refractivity contribution >= 4 is 5.97 Å². The van der Waals surface area contributed by atoms with E-state index in [1.54, 1.807) is 6.92 Å². The molecular formula is C24H30O2. The second kappa shape index (κ2) is 8.84. The van der Waals surface area contributed by atoms with Crippen molar-refractivity contribution in [1.29, 1.82) is 0 Å². The van der Waals surface area contributed by atoms with Crippen LogP contribution in [0.25, 0.3) is 0 Å². The van der Waals surface area contributed by atoms with Crippen molar-refractivity contribution in [1.82, 2.24) is 0 Å². The van der Waals surface area contributed by atoms with E-state index in [0.717, 1.165) is 25.7 Å². The molecule has 0 aliphatic heterocycles. The predicted molar refractivity (Wildman–Crippen MR) is 109 cm³/mol. The smallest absolute Gasteiger partial charge is 0.338 e. The first kappa shape index (κ1) is 20.0. The minimum atomic E-state index is -0.387. The zero-order valence-electron chi connectivity index (χ0n) is 16.5. The van der Waals surface area contributed by atoms with Crippen LogP contribution in [0, 0.1) is 0 Å². The molecular weight excluding hydrogens is 320 g/mol. The van der Waals surface area contributed by atoms with Crippen molar-refractivity contribution < 1.29 is 9.53 Å². The van der Waals surface area contributed by atoms with Crippen LogP contribution in [-0.4, -0.2) is 5.97 Å². The molecule has 0 saturated heterocycles. The lowest BCUT2D eigenvalue weighted by atomic mass is 9.70. The van der Waals surface area contributed by atoms with Crippen LogP contribution < -0.4 is 4.74 Å². The van der Waals surface area contributed by atoms with Crippen LogP contribution in [-0.2, 0) is 16.6 Å². The highest BCUT2D eigenvalue weighted by Crippen LogP contribution is 2.39. The zero-order chi connectivity index (χ0) is 19.2. The second-order valence-electron chi connectivity index (χ2n) is 6.93. The number of hydrogen-bond donors (Lipinski definition) is 0. The molecule has 0 saturated carbocycles. The van der Waals surface area contributed by atoms with Crippen molar-refractivity contribution in [3.05, 3.63) is 77.4 Å². The van der Waals surface area contributed by atoms with Gasteiger partial charge in [0.25, 0.3) is 0 Å². The highest BCUT2D eigenvalue weighted by atomic mass is 16.5. The number of rotatable bonds is 8. The van der Waals surface area contributed by atoms with Crippen LogP contribution in [0.4, 0.5) is 0 Å². The molecule has 0 aromatic heterocycles. The summed E-state index contributed by atoms with van der Waals surface area (Å²) in [6.45, 7) is 11.9. The Kier molecular flexibility index (Phi) is 6.79. The highest BCUT2D eigenvalue weighted by molar-refractivity contribution is 5.88. The zero-order valence-corrected chi connectivity index (χ0v) is 16.5. The van der Waals surface area contributed by atoms with Gasteiger partial charge in [-0.15, -0.1) is 0 Å². The molecule has 0 fully saturated rings. The minimum Gasteiger partial charge on any atom is -0.423 e. The second-order valence-corrected chi connectivity index (χ2v) is 6.93. The van der Waals surface area contributed by atoms with Crippen molar-refractivity contribution in [2.75, 3.05) is 0 Å². The molecule has 0 amide bonds. The molecule has 26 heavy (non-hydrogen) atoms. The minimum absolute atomic E-state index is 0.0262. The van der Waals surface area contributed by atoms with Gasteiger partial charge in [-0.3, -0.25) is 0 Å². The number of carbonyl (C=O) groups excluding carboxylic acids is 1. The van der Waals surface area contributed by atoms with E-state index in [-0.39, 0.29) is 11.4 Å². The van der Waals surface area contributed by atoms with Gasteiger partial charge in [0.05, 0.1) is 0 Å². The maximum absolute atomic E-state index is 11.7. The van der Waals surface area contributed by atoms with Gasteiger partial charge in [0.15, 0.2) is 0 Å². The molecule has 2 nitrogen and oxygen atoms in total. The van der Waals surface area contributed by atoms with Crippen LogP contribution in [0.15, 0.2) is 60.7 Å². The quantitative estimate of drug-likeness (QED) is 0.320. The van der Waals surface area contributed by atoms with Gasteiger partial charge in [-0.2, -0.15) is 0 Å². The molecule has 0 aliphatic rings. The molecule has 2 rings (SSSR count). The third-order valence-electron chi connectivity index (χ3n) is 5.22. The maximum Gasteiger partial charge on any atom is 0.338 e. The first-order valence-corrected chi connectivity index (χ1v) is 9.54. The van der Waals surface area contributed by atoms with Gasteiger partial charge in [-0.1, -0.05) is 70.2 Å². The van der Waals surface area contributed by atoms with Crippen LogP contribution in [0.2, 0.25) is 0 Å². The van der Waals surface area contributed by atoms with Crippen molar-refractivity contribution in [2.45, 2.75) is 58.8 Å². The first-order chi connectivity index (χ1) is 12.5. The van der Waals surface area contributed by atoms with Gasteiger partial charge >= 0.3 is 5.97 Å². The Hall–Kier alpha value is -2.35. The molecule has 0 radical (unpaired) electrons. The summed E-state index contributed by atoms with van der Waals surface area (Å²) in [5.74, 6) is 0.169. The summed E-state index contributed by atoms with van der Waals surface area (Å²) in [7, 11) is 0. The van der Waals surface area contributed by atoms with Gasteiger partial charge in [0, 0.05) is 11.0 Å². The highest BCUT2D eigenvalue weighted by Gasteiger charge is 2.30. The fourth-order valence-electron chi connectivity index (χ4n) is 3.55. The van der Waals surface area contributed by atoms with E-state index in [1.165, 1.54) is 16.7 Å². The van der Waals surface area contributed by atoms with Crippen molar-refractivity contribution in [3.8, 4) is 5.75 Å². The Morgan fingerprint density at radius 3 is 1.85 bits per heavy atom. The number of hydrogen-bond acceptors (Lipinski definition) is 2. The van der Waals surface area contributed by atoms with Crippen LogP contribution in [0.5, 0.6) is 5.75 Å². The molecule has 0 bridgehead atoms. The van der Waals surface area contributed by atoms with Crippen molar-refractivity contribution in [3.63, 3.8) is 0 Å². The Labute approximate surface area is 157 Å². The number of benzene rings is 2. The Balaban J connectivity index is 2.33. The lowest BCUT2D eigenvalue weighted by Gasteiger charge is -2.33. The summed E-state index contributed by atoms with van der Waals surface area (Å²) in [4.78, 5) is 11.7. The molecule has 0 aliphatic carbocycles. The standard InChI is InChI=1S/C24H30O2/c1-6-9-19-10-12-20(13-11-19)24(7-2,8-3)21-14-16-22(17-15-21)26-23(25)18(4)5/h10-17H,4,6-9H2,1-3,5H3. The third-order valence-corrected chi connectivity index (χ3v) is 5.22. The number of esters is 1. The number of carbonyl (C=O) groups is 1. The van der Waals surface area contributed by atoms with E-state index in [2.05, 4.69) is 63.7 Å². The molecule has 0 unspecified atom stereocenters. The van der Waals surface area contributed by atoms with E-state index in [0.29, 0.717) is 11.3 Å². The third kappa shape index (κ3) is 4.24. The molecule has 2 aromatic carbocycles. The van der Waals surface area contributed by atoms with Gasteiger partial charge in [0.2, 0.25) is 0 Å². The van der Waals surface area contributed by atoms with E-state index in [4.69, 9.17) is 4.74 Å². The normalized spacial score (nSPS) is 11.2. The van der Waals surface area contributed by atoms with E-state index in [1.807, 2.05) is 12.1 Å². The summed E-state index contributed by atoms with van der Waals surface area (Å²) in [5.41, 5.74) is 4.36. The van der Waals surface area contributed by atoms with Crippen molar-refractivity contribution in [2.24, 2.45) is 0 Å². The Morgan fingerprint density at radius 1 is 0.923 bits per heavy atom.